The Balaban J connectivity index is 1.63. The van der Waals surface area contributed by atoms with Crippen molar-refractivity contribution in [3.8, 4) is 0 Å². The first-order valence-corrected chi connectivity index (χ1v) is 9.65. The monoisotopic (exact) mass is 378 g/mol. The van der Waals surface area contributed by atoms with Crippen LogP contribution in [0.5, 0.6) is 0 Å². The first kappa shape index (κ1) is 17.4. The van der Waals surface area contributed by atoms with Crippen LogP contribution in [0.1, 0.15) is 30.3 Å². The van der Waals surface area contributed by atoms with Gasteiger partial charge in [0.1, 0.15) is 5.69 Å². The molecule has 0 aliphatic heterocycles. The Bertz CT molecular complexity index is 1200. The van der Waals surface area contributed by atoms with Gasteiger partial charge in [0.05, 0.1) is 10.2 Å². The second-order valence-electron chi connectivity index (χ2n) is 6.24. The summed E-state index contributed by atoms with van der Waals surface area (Å²) in [6.07, 6.45) is 1.78. The predicted octanol–water partition coefficient (Wildman–Crippen LogP) is 4.06. The normalized spacial score (nSPS) is 11.1. The lowest BCUT2D eigenvalue weighted by molar-refractivity contribution is 0.101. The lowest BCUT2D eigenvalue weighted by Crippen LogP contribution is -2.26. The van der Waals surface area contributed by atoms with Crippen LogP contribution in [0.15, 0.2) is 53.3 Å². The molecule has 1 N–H and O–H groups in total. The van der Waals surface area contributed by atoms with Gasteiger partial charge in [-0.15, -0.1) is 0 Å². The van der Waals surface area contributed by atoms with Gasteiger partial charge in [0.2, 0.25) is 0 Å². The first-order valence-electron chi connectivity index (χ1n) is 8.83. The van der Waals surface area contributed by atoms with Gasteiger partial charge in [-0.2, -0.15) is 5.10 Å². The average molecular weight is 378 g/mol. The molecule has 136 valence electrons. The van der Waals surface area contributed by atoms with Crippen molar-refractivity contribution in [1.29, 1.82) is 0 Å². The average Bonchev–Trinajstić information content (AvgIpc) is 3.10. The van der Waals surface area contributed by atoms with Crippen molar-refractivity contribution >= 4 is 43.4 Å². The van der Waals surface area contributed by atoms with Gasteiger partial charge in [-0.05, 0) is 23.9 Å². The van der Waals surface area contributed by atoms with Crippen LogP contribution in [0.25, 0.3) is 21.0 Å². The largest absolute Gasteiger partial charge is 0.296 e. The number of thiazole rings is 1. The van der Waals surface area contributed by atoms with Crippen LogP contribution in [-0.2, 0) is 6.54 Å². The summed E-state index contributed by atoms with van der Waals surface area (Å²) in [6.45, 7) is 2.54. The molecule has 1 amide bonds. The van der Waals surface area contributed by atoms with Crippen molar-refractivity contribution in [2.75, 3.05) is 5.32 Å². The summed E-state index contributed by atoms with van der Waals surface area (Å²) in [6, 6.07) is 14.9. The molecule has 0 aliphatic carbocycles. The van der Waals surface area contributed by atoms with E-state index in [0.717, 1.165) is 33.8 Å². The smallest absolute Gasteiger partial charge is 0.277 e. The van der Waals surface area contributed by atoms with Crippen molar-refractivity contribution in [3.05, 3.63) is 64.6 Å². The van der Waals surface area contributed by atoms with Crippen molar-refractivity contribution in [2.24, 2.45) is 0 Å². The van der Waals surface area contributed by atoms with E-state index in [-0.39, 0.29) is 17.2 Å². The highest BCUT2D eigenvalue weighted by Gasteiger charge is 2.14. The second-order valence-corrected chi connectivity index (χ2v) is 7.27. The lowest BCUT2D eigenvalue weighted by atomic mass is 10.1. The maximum absolute atomic E-state index is 12.6. The Morgan fingerprint density at radius 1 is 1.15 bits per heavy atom. The van der Waals surface area contributed by atoms with Gasteiger partial charge in [0.25, 0.3) is 11.5 Å². The van der Waals surface area contributed by atoms with E-state index in [9.17, 15) is 9.59 Å². The fourth-order valence-electron chi connectivity index (χ4n) is 2.91. The number of fused-ring (bicyclic) bond motifs is 3. The molecule has 7 heteroatoms. The Kier molecular flexibility index (Phi) is 4.68. The van der Waals surface area contributed by atoms with Crippen LogP contribution < -0.4 is 10.9 Å². The van der Waals surface area contributed by atoms with Gasteiger partial charge in [-0.25, -0.2) is 9.67 Å². The van der Waals surface area contributed by atoms with E-state index in [4.69, 9.17) is 0 Å². The molecule has 2 aromatic carbocycles. The summed E-state index contributed by atoms with van der Waals surface area (Å²) in [5.74, 6) is -0.372. The van der Waals surface area contributed by atoms with Crippen LogP contribution in [0.2, 0.25) is 0 Å². The molecule has 0 saturated carbocycles. The molecule has 6 nitrogen and oxygen atoms in total. The summed E-state index contributed by atoms with van der Waals surface area (Å²) >= 11 is 1.42. The zero-order chi connectivity index (χ0) is 18.8. The summed E-state index contributed by atoms with van der Waals surface area (Å²) in [7, 11) is 0. The minimum Gasteiger partial charge on any atom is -0.296 e. The molecular formula is C20H18N4O2S. The molecule has 0 spiro atoms. The topological polar surface area (TPSA) is 76.9 Å². The minimum atomic E-state index is -0.372. The van der Waals surface area contributed by atoms with E-state index in [0.29, 0.717) is 11.7 Å². The number of hydrogen-bond donors (Lipinski definition) is 1. The van der Waals surface area contributed by atoms with Crippen LogP contribution in [0.4, 0.5) is 5.13 Å². The van der Waals surface area contributed by atoms with Crippen molar-refractivity contribution in [2.45, 2.75) is 26.3 Å². The summed E-state index contributed by atoms with van der Waals surface area (Å²) in [5.41, 5.74) is 0.871. The molecule has 0 atom stereocenters. The highest BCUT2D eigenvalue weighted by Crippen LogP contribution is 2.31. The number of nitrogens with one attached hydrogen (secondary N) is 1. The molecule has 4 aromatic rings. The van der Waals surface area contributed by atoms with Gasteiger partial charge in [0.15, 0.2) is 5.13 Å². The molecule has 2 heterocycles. The number of amides is 1. The number of carbonyl (C=O) groups excluding carboxylic acids is 1. The predicted molar refractivity (Wildman–Crippen MR) is 108 cm³/mol. The third kappa shape index (κ3) is 3.46. The van der Waals surface area contributed by atoms with E-state index in [1.807, 2.05) is 43.3 Å². The Hall–Kier alpha value is -3.06. The molecule has 0 unspecified atom stereocenters. The van der Waals surface area contributed by atoms with Crippen LogP contribution in [0, 0.1) is 0 Å². The van der Waals surface area contributed by atoms with Crippen molar-refractivity contribution in [1.82, 2.24) is 14.8 Å². The SMILES string of the molecule is CCCCn1nc(C(=O)Nc2nc3c(ccc4ccccc43)s2)ccc1=O. The minimum absolute atomic E-state index is 0.202. The zero-order valence-electron chi connectivity index (χ0n) is 14.8. The third-order valence-electron chi connectivity index (χ3n) is 4.33. The second kappa shape index (κ2) is 7.28. The van der Waals surface area contributed by atoms with Gasteiger partial charge < -0.3 is 0 Å². The Morgan fingerprint density at radius 3 is 2.85 bits per heavy atom. The number of aryl methyl sites for hydroxylation is 1. The molecule has 4 rings (SSSR count). The van der Waals surface area contributed by atoms with E-state index in [1.165, 1.54) is 28.2 Å². The van der Waals surface area contributed by atoms with E-state index < -0.39 is 0 Å². The number of benzene rings is 2. The number of carbonyl (C=O) groups is 1. The fraction of sp³-hybridized carbons (Fsp3) is 0.200. The molecule has 0 saturated heterocycles. The standard InChI is InChI=1S/C20H18N4O2S/c1-2-3-12-24-17(25)11-9-15(23-24)19(26)22-20-21-18-14-7-5-4-6-13(14)8-10-16(18)27-20/h4-11H,2-3,12H2,1H3,(H,21,22,26). The van der Waals surface area contributed by atoms with Crippen LogP contribution in [0.3, 0.4) is 0 Å². The fourth-order valence-corrected chi connectivity index (χ4v) is 3.79. The summed E-state index contributed by atoms with van der Waals surface area (Å²) < 4.78 is 2.34. The van der Waals surface area contributed by atoms with Crippen LogP contribution >= 0.6 is 11.3 Å². The molecular weight excluding hydrogens is 360 g/mol. The number of hydrogen-bond acceptors (Lipinski definition) is 5. The number of nitrogens with zero attached hydrogens (tertiary/aromatic N) is 3. The van der Waals surface area contributed by atoms with Crippen molar-refractivity contribution < 1.29 is 4.79 Å². The van der Waals surface area contributed by atoms with Crippen LogP contribution in [-0.4, -0.2) is 20.7 Å². The van der Waals surface area contributed by atoms with Gasteiger partial charge in [-0.3, -0.25) is 14.9 Å². The quantitative estimate of drug-likeness (QED) is 0.568. The molecule has 2 aromatic heterocycles. The van der Waals surface area contributed by atoms with E-state index in [1.54, 1.807) is 0 Å². The maximum atomic E-state index is 12.6. The molecule has 0 fully saturated rings. The van der Waals surface area contributed by atoms with Gasteiger partial charge in [0, 0.05) is 18.0 Å². The highest BCUT2D eigenvalue weighted by atomic mass is 32.1. The number of unbranched alkanes of at least 4 members (excludes halogenated alkanes) is 1. The molecule has 0 radical (unpaired) electrons. The molecule has 0 aliphatic rings. The molecule has 0 bridgehead atoms. The molecule has 27 heavy (non-hydrogen) atoms. The first-order chi connectivity index (χ1) is 13.2. The third-order valence-corrected chi connectivity index (χ3v) is 5.26. The maximum Gasteiger partial charge on any atom is 0.277 e. The lowest BCUT2D eigenvalue weighted by Gasteiger charge is -2.05. The highest BCUT2D eigenvalue weighted by molar-refractivity contribution is 7.22. The summed E-state index contributed by atoms with van der Waals surface area (Å²) in [4.78, 5) is 29.0. The van der Waals surface area contributed by atoms with E-state index >= 15 is 0 Å². The number of rotatable bonds is 5. The van der Waals surface area contributed by atoms with Gasteiger partial charge >= 0.3 is 0 Å². The summed E-state index contributed by atoms with van der Waals surface area (Å²) in [5, 5.41) is 9.66. The Labute approximate surface area is 159 Å². The zero-order valence-corrected chi connectivity index (χ0v) is 15.6. The van der Waals surface area contributed by atoms with Crippen molar-refractivity contribution in [3.63, 3.8) is 0 Å². The van der Waals surface area contributed by atoms with Gasteiger partial charge in [-0.1, -0.05) is 55.0 Å². The number of aromatic nitrogens is 3. The van der Waals surface area contributed by atoms with E-state index in [2.05, 4.69) is 15.4 Å². The Morgan fingerprint density at radius 2 is 2.00 bits per heavy atom. The number of anilines is 1.